The Balaban J connectivity index is 2.48. The van der Waals surface area contributed by atoms with E-state index in [4.69, 9.17) is 5.73 Å². The number of Topliss-reactive ketones (excluding diaryl/α,β-unsaturated/α-hetero) is 1. The molecule has 2 aromatic rings. The molecule has 32 heavy (non-hydrogen) atoms. The molecular weight excluding hydrogens is 394 g/mol. The molecule has 0 fully saturated rings. The van der Waals surface area contributed by atoms with E-state index in [-0.39, 0.29) is 11.2 Å². The van der Waals surface area contributed by atoms with Crippen LogP contribution in [0, 0.1) is 26.2 Å². The maximum Gasteiger partial charge on any atom is 0.129 e. The van der Waals surface area contributed by atoms with Crippen LogP contribution in [0.1, 0.15) is 48.4 Å². The lowest BCUT2D eigenvalue weighted by Crippen LogP contribution is -2.44. The van der Waals surface area contributed by atoms with Crippen molar-refractivity contribution in [2.45, 2.75) is 53.5 Å². The van der Waals surface area contributed by atoms with Crippen LogP contribution in [0.3, 0.4) is 0 Å². The molecule has 0 amide bonds. The maximum atomic E-state index is 11.9. The van der Waals surface area contributed by atoms with Gasteiger partial charge < -0.3 is 20.7 Å². The molecule has 0 aliphatic rings. The molecule has 3 N–H and O–H groups in total. The monoisotopic (exact) mass is 433 g/mol. The number of ketones is 1. The van der Waals surface area contributed by atoms with Gasteiger partial charge in [0.05, 0.1) is 0 Å². The smallest absolute Gasteiger partial charge is 0.129 e. The van der Waals surface area contributed by atoms with E-state index in [1.807, 2.05) is 0 Å². The van der Waals surface area contributed by atoms with Gasteiger partial charge in [0.25, 0.3) is 0 Å². The van der Waals surface area contributed by atoms with Crippen molar-refractivity contribution in [3.8, 4) is 0 Å². The lowest BCUT2D eigenvalue weighted by atomic mass is 9.77. The number of benzene rings is 2. The fourth-order valence-corrected chi connectivity index (χ4v) is 4.27. The van der Waals surface area contributed by atoms with Crippen LogP contribution in [-0.4, -0.2) is 18.9 Å². The first-order valence-corrected chi connectivity index (χ1v) is 11.3. The van der Waals surface area contributed by atoms with Crippen LogP contribution < -0.4 is 16.0 Å². The molecule has 0 heterocycles. The number of carbonyl (C=O) groups is 1. The molecular formula is C28H39N3O. The standard InChI is InChI=1S/C28H39N3O/c1-7-30-19-28(17-24(5)29,15-14-25(6)32)20-31(27-12-9-21(2)10-13-27)18-26-11-8-22(3)16-23(26)4/h7-13,16,30H,1,5,14-15,17-20,29H2,2-4,6H3. The zero-order chi connectivity index (χ0) is 23.7. The summed E-state index contributed by atoms with van der Waals surface area (Å²) in [6.07, 6.45) is 3.59. The van der Waals surface area contributed by atoms with Gasteiger partial charge in [-0.2, -0.15) is 0 Å². The molecule has 4 nitrogen and oxygen atoms in total. The highest BCUT2D eigenvalue weighted by Gasteiger charge is 2.33. The highest BCUT2D eigenvalue weighted by molar-refractivity contribution is 5.75. The molecule has 0 radical (unpaired) electrons. The first kappa shape index (κ1) is 25.3. The average molecular weight is 434 g/mol. The van der Waals surface area contributed by atoms with Gasteiger partial charge in [-0.25, -0.2) is 0 Å². The quantitative estimate of drug-likeness (QED) is 0.434. The van der Waals surface area contributed by atoms with Crippen LogP contribution in [0.4, 0.5) is 5.69 Å². The number of nitrogens with two attached hydrogens (primary N) is 1. The van der Waals surface area contributed by atoms with Crippen LogP contribution >= 0.6 is 0 Å². The van der Waals surface area contributed by atoms with E-state index in [2.05, 4.69) is 86.6 Å². The van der Waals surface area contributed by atoms with Gasteiger partial charge in [0.2, 0.25) is 0 Å². The topological polar surface area (TPSA) is 58.4 Å². The van der Waals surface area contributed by atoms with Crippen LogP contribution in [0.15, 0.2) is 67.5 Å². The second-order valence-corrected chi connectivity index (χ2v) is 9.24. The molecule has 0 spiro atoms. The first-order valence-electron chi connectivity index (χ1n) is 11.3. The zero-order valence-corrected chi connectivity index (χ0v) is 20.2. The molecule has 1 unspecified atom stereocenters. The third kappa shape index (κ3) is 7.60. The van der Waals surface area contributed by atoms with Gasteiger partial charge in [-0.1, -0.05) is 54.6 Å². The summed E-state index contributed by atoms with van der Waals surface area (Å²) in [6, 6.07) is 15.2. The van der Waals surface area contributed by atoms with E-state index in [0.717, 1.165) is 25.2 Å². The highest BCUT2D eigenvalue weighted by atomic mass is 16.1. The second kappa shape index (κ2) is 11.6. The van der Waals surface area contributed by atoms with Crippen LogP contribution in [-0.2, 0) is 11.3 Å². The van der Waals surface area contributed by atoms with Gasteiger partial charge in [-0.05, 0) is 70.0 Å². The molecule has 0 saturated carbocycles. The number of aryl methyl sites for hydroxylation is 3. The van der Waals surface area contributed by atoms with Crippen molar-refractivity contribution in [1.82, 2.24) is 5.32 Å². The number of carbonyl (C=O) groups excluding carboxylic acids is 1. The SMILES string of the molecule is C=CNCC(CCC(C)=O)(CC(=C)N)CN(Cc1ccc(C)cc1C)c1ccc(C)cc1. The van der Waals surface area contributed by atoms with E-state index in [0.29, 0.717) is 25.1 Å². The Morgan fingerprint density at radius 2 is 1.78 bits per heavy atom. The Bertz CT molecular complexity index is 932. The summed E-state index contributed by atoms with van der Waals surface area (Å²) in [5.41, 5.74) is 12.7. The second-order valence-electron chi connectivity index (χ2n) is 9.24. The Hall–Kier alpha value is -3.01. The number of nitrogens with one attached hydrogen (secondary N) is 1. The van der Waals surface area contributed by atoms with Crippen LogP contribution in [0.5, 0.6) is 0 Å². The van der Waals surface area contributed by atoms with E-state index >= 15 is 0 Å². The third-order valence-corrected chi connectivity index (χ3v) is 6.02. The van der Waals surface area contributed by atoms with Crippen molar-refractivity contribution < 1.29 is 4.79 Å². The third-order valence-electron chi connectivity index (χ3n) is 6.02. The van der Waals surface area contributed by atoms with Crippen molar-refractivity contribution >= 4 is 11.5 Å². The fourth-order valence-electron chi connectivity index (χ4n) is 4.27. The summed E-state index contributed by atoms with van der Waals surface area (Å²) in [5.74, 6) is 0.187. The van der Waals surface area contributed by atoms with E-state index in [1.54, 1.807) is 13.1 Å². The summed E-state index contributed by atoms with van der Waals surface area (Å²) in [4.78, 5) is 14.3. The van der Waals surface area contributed by atoms with Crippen LogP contribution in [0.2, 0.25) is 0 Å². The van der Waals surface area contributed by atoms with Crippen molar-refractivity contribution in [3.05, 3.63) is 89.8 Å². The number of hydrogen-bond donors (Lipinski definition) is 2. The maximum absolute atomic E-state index is 11.9. The lowest BCUT2D eigenvalue weighted by Gasteiger charge is -2.40. The summed E-state index contributed by atoms with van der Waals surface area (Å²) in [6.45, 7) is 18.1. The predicted octanol–water partition coefficient (Wildman–Crippen LogP) is 5.57. The lowest BCUT2D eigenvalue weighted by molar-refractivity contribution is -0.117. The Kier molecular flexibility index (Phi) is 9.13. The molecule has 0 aromatic heterocycles. The molecule has 0 aliphatic heterocycles. The number of rotatable bonds is 13. The molecule has 172 valence electrons. The molecule has 0 bridgehead atoms. The molecule has 2 rings (SSSR count). The van der Waals surface area contributed by atoms with Gasteiger partial charge in [-0.3, -0.25) is 0 Å². The van der Waals surface area contributed by atoms with E-state index in [9.17, 15) is 4.79 Å². The molecule has 2 aromatic carbocycles. The minimum atomic E-state index is -0.255. The number of hydrogen-bond acceptors (Lipinski definition) is 4. The van der Waals surface area contributed by atoms with Gasteiger partial charge in [-0.15, -0.1) is 0 Å². The Morgan fingerprint density at radius 3 is 2.34 bits per heavy atom. The van der Waals surface area contributed by atoms with E-state index < -0.39 is 0 Å². The van der Waals surface area contributed by atoms with Crippen molar-refractivity contribution in [1.29, 1.82) is 0 Å². The number of allylic oxidation sites excluding steroid dienone is 1. The predicted molar refractivity (Wildman–Crippen MR) is 137 cm³/mol. The molecule has 0 saturated heterocycles. The minimum absolute atomic E-state index is 0.187. The van der Waals surface area contributed by atoms with Crippen molar-refractivity contribution in [3.63, 3.8) is 0 Å². The summed E-state index contributed by atoms with van der Waals surface area (Å²) < 4.78 is 0. The van der Waals surface area contributed by atoms with Gasteiger partial charge in [0, 0.05) is 42.9 Å². The zero-order valence-electron chi connectivity index (χ0n) is 20.2. The van der Waals surface area contributed by atoms with Gasteiger partial charge in [0.1, 0.15) is 5.78 Å². The van der Waals surface area contributed by atoms with Gasteiger partial charge >= 0.3 is 0 Å². The summed E-state index contributed by atoms with van der Waals surface area (Å²) in [5, 5.41) is 3.30. The minimum Gasteiger partial charge on any atom is -0.402 e. The summed E-state index contributed by atoms with van der Waals surface area (Å²) >= 11 is 0. The number of nitrogens with zero attached hydrogens (tertiary/aromatic N) is 1. The number of anilines is 1. The largest absolute Gasteiger partial charge is 0.402 e. The average Bonchev–Trinajstić information content (AvgIpc) is 2.72. The van der Waals surface area contributed by atoms with Crippen molar-refractivity contribution in [2.75, 3.05) is 18.0 Å². The van der Waals surface area contributed by atoms with Gasteiger partial charge in [0.15, 0.2) is 0 Å². The Morgan fingerprint density at radius 1 is 1.12 bits per heavy atom. The molecule has 4 heteroatoms. The van der Waals surface area contributed by atoms with Crippen LogP contribution in [0.25, 0.3) is 0 Å². The fraction of sp³-hybridized carbons (Fsp3) is 0.393. The Labute approximate surface area is 194 Å². The van der Waals surface area contributed by atoms with Crippen molar-refractivity contribution in [2.24, 2.45) is 11.1 Å². The van der Waals surface area contributed by atoms with E-state index in [1.165, 1.54) is 22.3 Å². The highest BCUT2D eigenvalue weighted by Crippen LogP contribution is 2.34. The first-order chi connectivity index (χ1) is 15.1. The molecule has 1 atom stereocenters. The normalized spacial score (nSPS) is 12.6. The molecule has 0 aliphatic carbocycles. The summed E-state index contributed by atoms with van der Waals surface area (Å²) in [7, 11) is 0.